The molecule has 0 aromatic carbocycles. The van der Waals surface area contributed by atoms with Crippen molar-refractivity contribution in [1.29, 1.82) is 0 Å². The first-order valence-corrected chi connectivity index (χ1v) is 5.47. The van der Waals surface area contributed by atoms with Crippen molar-refractivity contribution in [1.82, 2.24) is 0 Å². The maximum atomic E-state index is 12.2. The molecule has 1 aromatic rings. The maximum absolute atomic E-state index is 12.2. The van der Waals surface area contributed by atoms with Crippen molar-refractivity contribution in [3.05, 3.63) is 32.0 Å². The number of hydrogen-bond donors (Lipinski definition) is 1. The van der Waals surface area contributed by atoms with Gasteiger partial charge in [0.2, 0.25) is 0 Å². The second-order valence-electron chi connectivity index (χ2n) is 2.56. The van der Waals surface area contributed by atoms with E-state index in [1.165, 1.54) is 0 Å². The predicted octanol–water partition coefficient (Wildman–Crippen LogP) is 3.50. The van der Waals surface area contributed by atoms with Gasteiger partial charge in [0.25, 0.3) is 0 Å². The van der Waals surface area contributed by atoms with Gasteiger partial charge >= 0.3 is 6.18 Å². The quantitative estimate of drug-likeness (QED) is 0.648. The zero-order valence-electron chi connectivity index (χ0n) is 6.81. The molecule has 6 heteroatoms. The first-order valence-electron chi connectivity index (χ1n) is 3.51. The minimum Gasteiger partial charge on any atom is -0.383 e. The Balaban J connectivity index is 2.92. The Labute approximate surface area is 96.4 Å². The normalized spacial score (nSPS) is 14.1. The number of alkyl halides is 3. The van der Waals surface area contributed by atoms with Gasteiger partial charge in [-0.15, -0.1) is 11.3 Å². The first-order chi connectivity index (χ1) is 6.34. The highest BCUT2D eigenvalue weighted by Gasteiger charge is 2.37. The summed E-state index contributed by atoms with van der Waals surface area (Å²) in [4.78, 5) is 0.285. The predicted molar refractivity (Wildman–Crippen MR) is 57.2 cm³/mol. The van der Waals surface area contributed by atoms with E-state index in [1.807, 2.05) is 22.6 Å². The van der Waals surface area contributed by atoms with Crippen LogP contribution in [0.1, 0.15) is 11.0 Å². The van der Waals surface area contributed by atoms with E-state index in [4.69, 9.17) is 0 Å². The lowest BCUT2D eigenvalue weighted by Crippen LogP contribution is -2.17. The van der Waals surface area contributed by atoms with Gasteiger partial charge in [-0.3, -0.25) is 0 Å². The number of hydrogen-bond acceptors (Lipinski definition) is 2. The molecule has 0 fully saturated rings. The third kappa shape index (κ3) is 2.48. The fraction of sp³-hybridized carbons (Fsp3) is 0.250. The van der Waals surface area contributed by atoms with Crippen molar-refractivity contribution in [2.24, 2.45) is 0 Å². The Kier molecular flexibility index (Phi) is 3.59. The maximum Gasteiger partial charge on any atom is 0.414 e. The fourth-order valence-corrected chi connectivity index (χ4v) is 2.72. The molecule has 0 spiro atoms. The smallest absolute Gasteiger partial charge is 0.383 e. The molecule has 1 heterocycles. The Bertz CT molecular complexity index is 345. The molecule has 78 valence electrons. The van der Waals surface area contributed by atoms with Gasteiger partial charge in [-0.2, -0.15) is 13.2 Å². The largest absolute Gasteiger partial charge is 0.414 e. The van der Waals surface area contributed by atoms with Gasteiger partial charge in [0.1, 0.15) is 6.10 Å². The summed E-state index contributed by atoms with van der Waals surface area (Å²) in [6.07, 6.45) is -6.20. The van der Waals surface area contributed by atoms with Crippen molar-refractivity contribution in [3.63, 3.8) is 0 Å². The zero-order chi connectivity index (χ0) is 10.9. The molecule has 1 atom stereocenters. The Morgan fingerprint density at radius 1 is 1.57 bits per heavy atom. The van der Waals surface area contributed by atoms with Gasteiger partial charge in [-0.25, -0.2) is 0 Å². The molecule has 0 saturated carbocycles. The van der Waals surface area contributed by atoms with Crippen LogP contribution in [0.25, 0.3) is 0 Å². The number of aliphatic hydroxyl groups excluding tert-OH is 1. The molecular weight excluding hydrogens is 328 g/mol. The van der Waals surface area contributed by atoms with Crippen molar-refractivity contribution >= 4 is 33.9 Å². The summed E-state index contributed by atoms with van der Waals surface area (Å²) in [5, 5.41) is 11.0. The van der Waals surface area contributed by atoms with Crippen LogP contribution in [-0.2, 0) is 0 Å². The Morgan fingerprint density at radius 3 is 2.50 bits per heavy atom. The van der Waals surface area contributed by atoms with Crippen LogP contribution in [0.15, 0.2) is 23.6 Å². The van der Waals surface area contributed by atoms with Gasteiger partial charge in [-0.05, 0) is 34.0 Å². The fourth-order valence-electron chi connectivity index (χ4n) is 0.814. The minimum absolute atomic E-state index is 0.285. The summed E-state index contributed by atoms with van der Waals surface area (Å²) in [6, 6.07) is 1.65. The van der Waals surface area contributed by atoms with Crippen LogP contribution in [0.2, 0.25) is 0 Å². The van der Waals surface area contributed by atoms with Crippen LogP contribution in [0.4, 0.5) is 13.2 Å². The first kappa shape index (κ1) is 12.0. The molecule has 0 saturated heterocycles. The highest BCUT2D eigenvalue weighted by atomic mass is 127. The van der Waals surface area contributed by atoms with E-state index in [0.29, 0.717) is 3.57 Å². The SMILES string of the molecule is C=C(C(O)c1sccc1I)C(F)(F)F. The second kappa shape index (κ2) is 4.19. The van der Waals surface area contributed by atoms with Crippen molar-refractivity contribution in [2.75, 3.05) is 0 Å². The van der Waals surface area contributed by atoms with Gasteiger partial charge < -0.3 is 5.11 Å². The monoisotopic (exact) mass is 334 g/mol. The highest BCUT2D eigenvalue weighted by Crippen LogP contribution is 2.37. The van der Waals surface area contributed by atoms with Crippen LogP contribution in [-0.4, -0.2) is 11.3 Å². The summed E-state index contributed by atoms with van der Waals surface area (Å²) in [5.41, 5.74) is -1.13. The van der Waals surface area contributed by atoms with Crippen LogP contribution < -0.4 is 0 Å². The average molecular weight is 334 g/mol. The molecule has 1 aromatic heterocycles. The number of halogens is 4. The van der Waals surface area contributed by atoms with Crippen LogP contribution >= 0.6 is 33.9 Å². The van der Waals surface area contributed by atoms with Crippen LogP contribution in [0, 0.1) is 3.57 Å². The highest BCUT2D eigenvalue weighted by molar-refractivity contribution is 14.1. The molecule has 14 heavy (non-hydrogen) atoms. The van der Waals surface area contributed by atoms with Crippen LogP contribution in [0.3, 0.4) is 0 Å². The zero-order valence-corrected chi connectivity index (χ0v) is 9.78. The molecular formula is C8H6F3IOS. The van der Waals surface area contributed by atoms with E-state index in [9.17, 15) is 18.3 Å². The summed E-state index contributed by atoms with van der Waals surface area (Å²) in [6.45, 7) is 2.85. The van der Waals surface area contributed by atoms with Crippen LogP contribution in [0.5, 0.6) is 0 Å². The van der Waals surface area contributed by atoms with E-state index in [-0.39, 0.29) is 4.88 Å². The molecule has 1 N–H and O–H groups in total. The van der Waals surface area contributed by atoms with Crippen molar-refractivity contribution in [2.45, 2.75) is 12.3 Å². The third-order valence-electron chi connectivity index (χ3n) is 1.59. The lowest BCUT2D eigenvalue weighted by Gasteiger charge is -2.15. The van der Waals surface area contributed by atoms with Gasteiger partial charge in [-0.1, -0.05) is 6.58 Å². The van der Waals surface area contributed by atoms with E-state index >= 15 is 0 Å². The average Bonchev–Trinajstić information content (AvgIpc) is 2.47. The molecule has 0 radical (unpaired) electrons. The van der Waals surface area contributed by atoms with E-state index in [1.54, 1.807) is 11.4 Å². The lowest BCUT2D eigenvalue weighted by atomic mass is 10.1. The van der Waals surface area contributed by atoms with Crippen molar-refractivity contribution in [3.8, 4) is 0 Å². The molecule has 1 nitrogen and oxygen atoms in total. The second-order valence-corrected chi connectivity index (χ2v) is 4.67. The molecule has 0 bridgehead atoms. The summed E-state index contributed by atoms with van der Waals surface area (Å²) >= 11 is 2.96. The molecule has 0 aliphatic rings. The number of rotatable bonds is 2. The topological polar surface area (TPSA) is 20.2 Å². The third-order valence-corrected chi connectivity index (χ3v) is 3.86. The minimum atomic E-state index is -4.55. The molecule has 0 aliphatic heterocycles. The molecule has 0 amide bonds. The number of thiophene rings is 1. The molecule has 1 unspecified atom stereocenters. The molecule has 0 aliphatic carbocycles. The molecule has 1 rings (SSSR count). The van der Waals surface area contributed by atoms with Gasteiger partial charge in [0, 0.05) is 3.57 Å². The standard InChI is InChI=1S/C8H6F3IOS/c1-4(8(9,10)11)6(13)7-5(12)2-3-14-7/h2-3,6,13H,1H2. The van der Waals surface area contributed by atoms with Gasteiger partial charge in [0.15, 0.2) is 0 Å². The van der Waals surface area contributed by atoms with Crippen molar-refractivity contribution < 1.29 is 18.3 Å². The van der Waals surface area contributed by atoms with E-state index in [0.717, 1.165) is 11.3 Å². The lowest BCUT2D eigenvalue weighted by molar-refractivity contribution is -0.105. The van der Waals surface area contributed by atoms with E-state index in [2.05, 4.69) is 6.58 Å². The number of aliphatic hydroxyl groups is 1. The van der Waals surface area contributed by atoms with E-state index < -0.39 is 17.9 Å². The summed E-state index contributed by atoms with van der Waals surface area (Å²) < 4.78 is 37.1. The summed E-state index contributed by atoms with van der Waals surface area (Å²) in [5.74, 6) is 0. The Morgan fingerprint density at radius 2 is 2.14 bits per heavy atom. The summed E-state index contributed by atoms with van der Waals surface area (Å²) in [7, 11) is 0. The Hall–Kier alpha value is -0.0800. The van der Waals surface area contributed by atoms with Gasteiger partial charge in [0.05, 0.1) is 10.5 Å².